The minimum absolute atomic E-state index is 0.0694. The first-order valence-electron chi connectivity index (χ1n) is 10.3. The number of hydrogen-bond donors (Lipinski definition) is 1. The molecular formula is C22H21N7O4. The van der Waals surface area contributed by atoms with E-state index in [1.807, 2.05) is 44.5 Å². The van der Waals surface area contributed by atoms with Crippen LogP contribution in [-0.2, 0) is 7.05 Å². The Balaban J connectivity index is 1.73. The van der Waals surface area contributed by atoms with E-state index < -0.39 is 11.2 Å². The second kappa shape index (κ2) is 7.40. The topological polar surface area (TPSA) is 138 Å². The molecule has 0 aliphatic rings. The van der Waals surface area contributed by atoms with Crippen LogP contribution in [0.2, 0.25) is 0 Å². The van der Waals surface area contributed by atoms with E-state index in [4.69, 9.17) is 13.9 Å². The lowest BCUT2D eigenvalue weighted by molar-refractivity contribution is 0.432. The largest absolute Gasteiger partial charge is 0.466 e. The smallest absolute Gasteiger partial charge is 0.328 e. The molecule has 1 N–H and O–H groups in total. The maximum Gasteiger partial charge on any atom is 0.328 e. The SMILES string of the molecule is Cc1cc(-c2cc(-c3nc(-c4cn(C)c(=O)[nH]c4=O)no3)c3cnn(C(C)C)c3n2)c(C)o1. The van der Waals surface area contributed by atoms with Crippen molar-refractivity contribution in [1.82, 2.24) is 34.5 Å². The van der Waals surface area contributed by atoms with E-state index in [0.717, 1.165) is 22.5 Å². The highest BCUT2D eigenvalue weighted by atomic mass is 16.5. The lowest BCUT2D eigenvalue weighted by atomic mass is 10.1. The van der Waals surface area contributed by atoms with Gasteiger partial charge in [0, 0.05) is 24.8 Å². The van der Waals surface area contributed by atoms with Gasteiger partial charge in [-0.1, -0.05) is 5.16 Å². The number of nitrogens with one attached hydrogen (secondary N) is 1. The molecule has 11 nitrogen and oxygen atoms in total. The average molecular weight is 447 g/mol. The molecule has 0 aliphatic carbocycles. The van der Waals surface area contributed by atoms with Crippen molar-refractivity contribution in [2.24, 2.45) is 7.05 Å². The van der Waals surface area contributed by atoms with Crippen LogP contribution < -0.4 is 11.2 Å². The lowest BCUT2D eigenvalue weighted by Crippen LogP contribution is -2.28. The van der Waals surface area contributed by atoms with Crippen LogP contribution in [-0.4, -0.2) is 34.5 Å². The van der Waals surface area contributed by atoms with Gasteiger partial charge in [-0.15, -0.1) is 0 Å². The van der Waals surface area contributed by atoms with E-state index in [2.05, 4.69) is 20.2 Å². The number of hydrogen-bond acceptors (Lipinski definition) is 8. The average Bonchev–Trinajstić information content (AvgIpc) is 3.48. The fourth-order valence-electron chi connectivity index (χ4n) is 3.76. The van der Waals surface area contributed by atoms with Crippen molar-refractivity contribution in [3.8, 4) is 34.1 Å². The van der Waals surface area contributed by atoms with Crippen molar-refractivity contribution in [1.29, 1.82) is 0 Å². The van der Waals surface area contributed by atoms with Crippen molar-refractivity contribution in [3.63, 3.8) is 0 Å². The molecular weight excluding hydrogens is 426 g/mol. The third-order valence-electron chi connectivity index (χ3n) is 5.38. The van der Waals surface area contributed by atoms with Gasteiger partial charge in [0.25, 0.3) is 11.4 Å². The van der Waals surface area contributed by atoms with Gasteiger partial charge in [0.15, 0.2) is 5.65 Å². The normalized spacial score (nSPS) is 11.7. The van der Waals surface area contributed by atoms with Crippen molar-refractivity contribution >= 4 is 11.0 Å². The van der Waals surface area contributed by atoms with Crippen LogP contribution in [0.1, 0.15) is 31.4 Å². The maximum atomic E-state index is 12.3. The standard InChI is InChI=1S/C22H21N7O4/c1-10(2)29-19-15(8-23-29)14(7-17(24-19)13-6-11(3)32-12(13)4)21-25-18(27-33-21)16-9-28(5)22(31)26-20(16)30/h6-10H,1-5H3,(H,26,30,31). The van der Waals surface area contributed by atoms with Crippen LogP contribution in [0.15, 0.2) is 43.1 Å². The predicted octanol–water partition coefficient (Wildman–Crippen LogP) is 2.99. The van der Waals surface area contributed by atoms with Gasteiger partial charge < -0.3 is 13.5 Å². The number of H-pyrrole nitrogens is 1. The van der Waals surface area contributed by atoms with Crippen LogP contribution in [0.25, 0.3) is 45.1 Å². The van der Waals surface area contributed by atoms with Crippen LogP contribution in [0.5, 0.6) is 0 Å². The van der Waals surface area contributed by atoms with Gasteiger partial charge in [0.05, 0.1) is 22.8 Å². The number of aromatic amines is 1. The second-order valence-corrected chi connectivity index (χ2v) is 8.14. The van der Waals surface area contributed by atoms with Crippen LogP contribution in [0.3, 0.4) is 0 Å². The number of rotatable bonds is 4. The van der Waals surface area contributed by atoms with E-state index in [-0.39, 0.29) is 23.3 Å². The Kier molecular flexibility index (Phi) is 4.62. The molecule has 5 heterocycles. The zero-order chi connectivity index (χ0) is 23.4. The van der Waals surface area contributed by atoms with E-state index in [1.54, 1.807) is 6.20 Å². The molecule has 0 aromatic carbocycles. The zero-order valence-electron chi connectivity index (χ0n) is 18.7. The Morgan fingerprint density at radius 2 is 1.85 bits per heavy atom. The molecule has 11 heteroatoms. The summed E-state index contributed by atoms with van der Waals surface area (Å²) in [6.45, 7) is 7.79. The molecule has 0 saturated carbocycles. The fraction of sp³-hybridized carbons (Fsp3) is 0.273. The van der Waals surface area contributed by atoms with Crippen molar-refractivity contribution < 1.29 is 8.94 Å². The first-order chi connectivity index (χ1) is 15.7. The van der Waals surface area contributed by atoms with Crippen molar-refractivity contribution in [3.05, 3.63) is 56.9 Å². The monoisotopic (exact) mass is 447 g/mol. The molecule has 33 heavy (non-hydrogen) atoms. The maximum absolute atomic E-state index is 12.3. The van der Waals surface area contributed by atoms with E-state index in [9.17, 15) is 9.59 Å². The zero-order valence-corrected chi connectivity index (χ0v) is 18.7. The number of furan rings is 1. The molecule has 0 amide bonds. The number of fused-ring (bicyclic) bond motifs is 1. The number of nitrogens with zero attached hydrogens (tertiary/aromatic N) is 6. The summed E-state index contributed by atoms with van der Waals surface area (Å²) >= 11 is 0. The summed E-state index contributed by atoms with van der Waals surface area (Å²) in [6.07, 6.45) is 3.08. The van der Waals surface area contributed by atoms with Gasteiger partial charge >= 0.3 is 5.69 Å². The van der Waals surface area contributed by atoms with E-state index >= 15 is 0 Å². The molecule has 0 bridgehead atoms. The third-order valence-corrected chi connectivity index (χ3v) is 5.38. The Morgan fingerprint density at radius 3 is 2.55 bits per heavy atom. The Labute approximate surface area is 186 Å². The highest BCUT2D eigenvalue weighted by Crippen LogP contribution is 2.34. The summed E-state index contributed by atoms with van der Waals surface area (Å²) in [7, 11) is 1.52. The minimum Gasteiger partial charge on any atom is -0.466 e. The van der Waals surface area contributed by atoms with Gasteiger partial charge in [-0.25, -0.2) is 14.5 Å². The first kappa shape index (κ1) is 20.6. The minimum atomic E-state index is -0.594. The Morgan fingerprint density at radius 1 is 1.06 bits per heavy atom. The molecule has 0 atom stereocenters. The highest BCUT2D eigenvalue weighted by Gasteiger charge is 2.22. The summed E-state index contributed by atoms with van der Waals surface area (Å²) < 4.78 is 14.3. The van der Waals surface area contributed by atoms with Gasteiger partial charge in [0.1, 0.15) is 17.1 Å². The summed E-state index contributed by atoms with van der Waals surface area (Å²) in [5.41, 5.74) is 1.81. The number of pyridine rings is 1. The van der Waals surface area contributed by atoms with E-state index in [0.29, 0.717) is 16.9 Å². The fourth-order valence-corrected chi connectivity index (χ4v) is 3.76. The molecule has 5 aromatic rings. The Hall–Kier alpha value is -4.28. The van der Waals surface area contributed by atoms with Crippen molar-refractivity contribution in [2.45, 2.75) is 33.7 Å². The quantitative estimate of drug-likeness (QED) is 0.444. The molecule has 0 fully saturated rings. The summed E-state index contributed by atoms with van der Waals surface area (Å²) in [5, 5.41) is 9.20. The molecule has 0 aliphatic heterocycles. The molecule has 5 aromatic heterocycles. The predicted molar refractivity (Wildman–Crippen MR) is 120 cm³/mol. The number of aromatic nitrogens is 7. The summed E-state index contributed by atoms with van der Waals surface area (Å²) in [5.74, 6) is 1.79. The molecule has 0 radical (unpaired) electrons. The van der Waals surface area contributed by atoms with Gasteiger partial charge in [-0.3, -0.25) is 9.78 Å². The van der Waals surface area contributed by atoms with Crippen molar-refractivity contribution in [2.75, 3.05) is 0 Å². The Bertz CT molecular complexity index is 1630. The highest BCUT2D eigenvalue weighted by molar-refractivity contribution is 5.93. The molecule has 0 spiro atoms. The molecule has 168 valence electrons. The van der Waals surface area contributed by atoms with Crippen LogP contribution >= 0.6 is 0 Å². The van der Waals surface area contributed by atoms with Crippen LogP contribution in [0.4, 0.5) is 0 Å². The summed E-state index contributed by atoms with van der Waals surface area (Å²) in [6, 6.07) is 3.84. The molecule has 5 rings (SSSR count). The second-order valence-electron chi connectivity index (χ2n) is 8.14. The molecule has 0 saturated heterocycles. The van der Waals surface area contributed by atoms with Crippen LogP contribution in [0, 0.1) is 13.8 Å². The van der Waals surface area contributed by atoms with Gasteiger partial charge in [0.2, 0.25) is 5.82 Å². The lowest BCUT2D eigenvalue weighted by Gasteiger charge is -2.09. The van der Waals surface area contributed by atoms with E-state index in [1.165, 1.54) is 17.8 Å². The van der Waals surface area contributed by atoms with Gasteiger partial charge in [-0.2, -0.15) is 10.1 Å². The van der Waals surface area contributed by atoms with Gasteiger partial charge in [-0.05, 0) is 39.8 Å². The summed E-state index contributed by atoms with van der Waals surface area (Å²) in [4.78, 5) is 35.5. The molecule has 0 unspecified atom stereocenters. The first-order valence-corrected chi connectivity index (χ1v) is 10.3. The third kappa shape index (κ3) is 3.37. The number of aryl methyl sites for hydroxylation is 3.